The summed E-state index contributed by atoms with van der Waals surface area (Å²) < 4.78 is 5.87. The second kappa shape index (κ2) is 10.7. The molecule has 0 saturated heterocycles. The van der Waals surface area contributed by atoms with Gasteiger partial charge in [0.1, 0.15) is 12.0 Å². The van der Waals surface area contributed by atoms with Crippen molar-refractivity contribution in [3.63, 3.8) is 0 Å². The maximum absolute atomic E-state index is 12.3. The van der Waals surface area contributed by atoms with Gasteiger partial charge in [-0.05, 0) is 56.2 Å². The summed E-state index contributed by atoms with van der Waals surface area (Å²) >= 11 is 0. The van der Waals surface area contributed by atoms with E-state index in [9.17, 15) is 9.59 Å². The quantitative estimate of drug-likeness (QED) is 0.356. The number of unbranched alkanes of at least 4 members (excludes halogenated alkanes) is 4. The van der Waals surface area contributed by atoms with E-state index in [1.54, 1.807) is 0 Å². The molecule has 1 atom stereocenters. The first-order chi connectivity index (χ1) is 12.2. The van der Waals surface area contributed by atoms with Crippen molar-refractivity contribution in [3.05, 3.63) is 35.9 Å². The second-order valence-corrected chi connectivity index (χ2v) is 6.74. The highest BCUT2D eigenvalue weighted by molar-refractivity contribution is 5.92. The molecular formula is C21H29NO3. The summed E-state index contributed by atoms with van der Waals surface area (Å²) in [6, 6.07) is 5.88. The molecule has 1 aromatic rings. The number of nitrogens with one attached hydrogen (secondary N) is 1. The lowest BCUT2D eigenvalue weighted by Gasteiger charge is -2.14. The zero-order valence-electron chi connectivity index (χ0n) is 15.1. The molecule has 0 saturated carbocycles. The molecule has 0 spiro atoms. The lowest BCUT2D eigenvalue weighted by molar-refractivity contribution is -0.116. The molecule has 1 amide bonds. The van der Waals surface area contributed by atoms with E-state index in [0.717, 1.165) is 61.8 Å². The van der Waals surface area contributed by atoms with Gasteiger partial charge in [-0.25, -0.2) is 0 Å². The number of ether oxygens (including phenoxy) is 1. The van der Waals surface area contributed by atoms with Crippen molar-refractivity contribution in [1.29, 1.82) is 0 Å². The van der Waals surface area contributed by atoms with Gasteiger partial charge in [-0.15, -0.1) is 0 Å². The first kappa shape index (κ1) is 19.2. The molecule has 0 fully saturated rings. The fourth-order valence-corrected chi connectivity index (χ4v) is 3.04. The molecule has 4 nitrogen and oxygen atoms in total. The monoisotopic (exact) mass is 343 g/mol. The minimum absolute atomic E-state index is 0.0425. The van der Waals surface area contributed by atoms with Gasteiger partial charge in [0.15, 0.2) is 0 Å². The third-order valence-electron chi connectivity index (χ3n) is 4.44. The third kappa shape index (κ3) is 7.12. The Morgan fingerprint density at radius 2 is 2.12 bits per heavy atom. The minimum Gasteiger partial charge on any atom is -0.491 e. The Bertz CT molecular complexity index is 595. The van der Waals surface area contributed by atoms with Crippen LogP contribution >= 0.6 is 0 Å². The number of rotatable bonds is 11. The van der Waals surface area contributed by atoms with Crippen molar-refractivity contribution >= 4 is 17.9 Å². The third-order valence-corrected chi connectivity index (χ3v) is 4.44. The number of aldehydes is 1. The number of amides is 1. The van der Waals surface area contributed by atoms with Crippen molar-refractivity contribution in [1.82, 2.24) is 0 Å². The van der Waals surface area contributed by atoms with Crippen LogP contribution in [0.1, 0.15) is 56.9 Å². The summed E-state index contributed by atoms with van der Waals surface area (Å²) in [4.78, 5) is 22.6. The Balaban J connectivity index is 1.80. The van der Waals surface area contributed by atoms with Crippen LogP contribution < -0.4 is 10.1 Å². The Morgan fingerprint density at radius 1 is 1.28 bits per heavy atom. The van der Waals surface area contributed by atoms with E-state index in [2.05, 4.69) is 17.5 Å². The number of carbonyl (C=O) groups is 2. The first-order valence-corrected chi connectivity index (χ1v) is 9.32. The van der Waals surface area contributed by atoms with E-state index >= 15 is 0 Å². The molecular weight excluding hydrogens is 314 g/mol. The summed E-state index contributed by atoms with van der Waals surface area (Å²) in [6.45, 7) is 2.63. The molecule has 1 aliphatic carbocycles. The lowest BCUT2D eigenvalue weighted by Crippen LogP contribution is -2.15. The molecule has 4 heteroatoms. The zero-order chi connectivity index (χ0) is 17.9. The van der Waals surface area contributed by atoms with Crippen LogP contribution in [0.4, 0.5) is 5.69 Å². The van der Waals surface area contributed by atoms with Crippen molar-refractivity contribution in [3.8, 4) is 5.75 Å². The molecule has 1 unspecified atom stereocenters. The maximum atomic E-state index is 12.3. The molecule has 25 heavy (non-hydrogen) atoms. The maximum Gasteiger partial charge on any atom is 0.225 e. The molecule has 0 heterocycles. The molecule has 2 rings (SSSR count). The molecule has 0 aromatic heterocycles. The number of hydrogen-bond donors (Lipinski definition) is 1. The largest absolute Gasteiger partial charge is 0.491 e. The first-order valence-electron chi connectivity index (χ1n) is 9.32. The second-order valence-electron chi connectivity index (χ2n) is 6.74. The number of allylic oxidation sites excluding steroid dienone is 2. The van der Waals surface area contributed by atoms with E-state index < -0.39 is 0 Å². The van der Waals surface area contributed by atoms with Gasteiger partial charge in [-0.3, -0.25) is 4.79 Å². The molecule has 1 aromatic carbocycles. The van der Waals surface area contributed by atoms with Gasteiger partial charge >= 0.3 is 0 Å². The van der Waals surface area contributed by atoms with Crippen LogP contribution in [0.25, 0.3) is 0 Å². The highest BCUT2D eigenvalue weighted by Crippen LogP contribution is 2.27. The number of carbonyl (C=O) groups excluding carboxylic acids is 2. The van der Waals surface area contributed by atoms with Crippen molar-refractivity contribution in [2.45, 2.75) is 58.3 Å². The summed E-state index contributed by atoms with van der Waals surface area (Å²) in [5.74, 6) is 1.13. The standard InChI is InChI=1S/C21H29NO3/c1-17-11-12-20(25-14-8-4-2-3-7-13-23)19(15-17)22-21(24)16-18-9-5-6-10-18/h5,9,11-13,15,18H,2-4,6-8,10,14,16H2,1H3,(H,22,24). The fraction of sp³-hybridized carbons (Fsp3) is 0.524. The van der Waals surface area contributed by atoms with E-state index in [0.29, 0.717) is 25.4 Å². The van der Waals surface area contributed by atoms with Crippen LogP contribution in [0.3, 0.4) is 0 Å². The highest BCUT2D eigenvalue weighted by Gasteiger charge is 2.15. The van der Waals surface area contributed by atoms with Gasteiger partial charge in [-0.2, -0.15) is 0 Å². The molecule has 136 valence electrons. The number of aryl methyl sites for hydroxylation is 1. The van der Waals surface area contributed by atoms with Crippen LogP contribution in [-0.2, 0) is 9.59 Å². The molecule has 0 bridgehead atoms. The number of benzene rings is 1. The van der Waals surface area contributed by atoms with E-state index in [-0.39, 0.29) is 5.91 Å². The van der Waals surface area contributed by atoms with E-state index in [1.807, 2.05) is 25.1 Å². The molecule has 0 aliphatic heterocycles. The average molecular weight is 343 g/mol. The van der Waals surface area contributed by atoms with Crippen molar-refractivity contribution in [2.24, 2.45) is 5.92 Å². The van der Waals surface area contributed by atoms with Gasteiger partial charge < -0.3 is 14.8 Å². The average Bonchev–Trinajstić information content (AvgIpc) is 3.08. The summed E-state index contributed by atoms with van der Waals surface area (Å²) in [6.07, 6.45) is 12.6. The van der Waals surface area contributed by atoms with Crippen LogP contribution in [0.5, 0.6) is 5.75 Å². The van der Waals surface area contributed by atoms with Crippen LogP contribution in [0.2, 0.25) is 0 Å². The number of hydrogen-bond acceptors (Lipinski definition) is 3. The van der Waals surface area contributed by atoms with Gasteiger partial charge in [0.05, 0.1) is 12.3 Å². The van der Waals surface area contributed by atoms with Crippen LogP contribution in [0.15, 0.2) is 30.4 Å². The van der Waals surface area contributed by atoms with Gasteiger partial charge in [-0.1, -0.05) is 31.1 Å². The van der Waals surface area contributed by atoms with Gasteiger partial charge in [0.25, 0.3) is 0 Å². The highest BCUT2D eigenvalue weighted by atomic mass is 16.5. The van der Waals surface area contributed by atoms with Crippen molar-refractivity contribution < 1.29 is 14.3 Å². The fourth-order valence-electron chi connectivity index (χ4n) is 3.04. The Hall–Kier alpha value is -2.10. The summed E-state index contributed by atoms with van der Waals surface area (Å²) in [5.41, 5.74) is 1.85. The van der Waals surface area contributed by atoms with Crippen molar-refractivity contribution in [2.75, 3.05) is 11.9 Å². The zero-order valence-corrected chi connectivity index (χ0v) is 15.1. The molecule has 0 radical (unpaired) electrons. The van der Waals surface area contributed by atoms with Gasteiger partial charge in [0, 0.05) is 12.8 Å². The van der Waals surface area contributed by atoms with Gasteiger partial charge in [0.2, 0.25) is 5.91 Å². The molecule has 1 aliphatic rings. The van der Waals surface area contributed by atoms with Crippen LogP contribution in [0, 0.1) is 12.8 Å². The minimum atomic E-state index is 0.0425. The smallest absolute Gasteiger partial charge is 0.225 e. The Morgan fingerprint density at radius 3 is 2.88 bits per heavy atom. The topological polar surface area (TPSA) is 55.4 Å². The number of anilines is 1. The lowest BCUT2D eigenvalue weighted by atomic mass is 10.0. The molecule has 1 N–H and O–H groups in total. The predicted octanol–water partition coefficient (Wildman–Crippen LogP) is 4.82. The van der Waals surface area contributed by atoms with Crippen LogP contribution in [-0.4, -0.2) is 18.8 Å². The summed E-state index contributed by atoms with van der Waals surface area (Å²) in [7, 11) is 0. The SMILES string of the molecule is Cc1ccc(OCCCCCCC=O)c(NC(=O)CC2C=CCC2)c1. The van der Waals surface area contributed by atoms with E-state index in [4.69, 9.17) is 4.74 Å². The Labute approximate surface area is 150 Å². The normalized spacial score (nSPS) is 16.0. The predicted molar refractivity (Wildman–Crippen MR) is 101 cm³/mol. The van der Waals surface area contributed by atoms with E-state index in [1.165, 1.54) is 0 Å². The summed E-state index contributed by atoms with van der Waals surface area (Å²) in [5, 5.41) is 3.01. The Kier molecular flexibility index (Phi) is 8.23.